The maximum atomic E-state index is 12.1. The van der Waals surface area contributed by atoms with E-state index >= 15 is 0 Å². The molecule has 0 aliphatic carbocycles. The number of aromatic nitrogens is 4. The number of carbonyl (C=O) groups is 1. The Labute approximate surface area is 157 Å². The standard InChI is InChI=1S/C16H14IN5OS/c1-22-15(11-5-7-18-8-6-11)20-21-16(22)24-10-14(23)19-13-4-2-3-12(17)9-13/h2-9H,10H2,1H3,(H,19,23). The number of amides is 1. The van der Waals surface area contributed by atoms with Crippen molar-refractivity contribution in [2.24, 2.45) is 7.05 Å². The summed E-state index contributed by atoms with van der Waals surface area (Å²) < 4.78 is 2.95. The second kappa shape index (κ2) is 7.75. The van der Waals surface area contributed by atoms with Crippen LogP contribution in [-0.2, 0) is 11.8 Å². The summed E-state index contributed by atoms with van der Waals surface area (Å²) in [7, 11) is 1.88. The first kappa shape index (κ1) is 16.9. The van der Waals surface area contributed by atoms with E-state index in [1.807, 2.05) is 48.0 Å². The van der Waals surface area contributed by atoms with Crippen molar-refractivity contribution < 1.29 is 4.79 Å². The van der Waals surface area contributed by atoms with Crippen molar-refractivity contribution in [1.82, 2.24) is 19.7 Å². The predicted octanol–water partition coefficient (Wildman–Crippen LogP) is 3.21. The summed E-state index contributed by atoms with van der Waals surface area (Å²) in [6, 6.07) is 11.4. The second-order valence-electron chi connectivity index (χ2n) is 4.95. The number of hydrogen-bond donors (Lipinski definition) is 1. The maximum Gasteiger partial charge on any atom is 0.234 e. The number of halogens is 1. The molecule has 8 heteroatoms. The number of pyridine rings is 1. The van der Waals surface area contributed by atoms with E-state index in [0.717, 1.165) is 20.6 Å². The van der Waals surface area contributed by atoms with Crippen LogP contribution < -0.4 is 5.32 Å². The molecule has 1 aromatic carbocycles. The maximum absolute atomic E-state index is 12.1. The molecule has 6 nitrogen and oxygen atoms in total. The van der Waals surface area contributed by atoms with Crippen LogP contribution in [0.3, 0.4) is 0 Å². The summed E-state index contributed by atoms with van der Waals surface area (Å²) >= 11 is 3.57. The molecule has 1 amide bonds. The molecule has 0 saturated carbocycles. The molecule has 2 heterocycles. The van der Waals surface area contributed by atoms with E-state index in [1.54, 1.807) is 12.4 Å². The lowest BCUT2D eigenvalue weighted by Crippen LogP contribution is -2.14. The summed E-state index contributed by atoms with van der Waals surface area (Å²) in [4.78, 5) is 16.1. The van der Waals surface area contributed by atoms with Gasteiger partial charge in [0.05, 0.1) is 5.75 Å². The number of hydrogen-bond acceptors (Lipinski definition) is 5. The molecule has 0 atom stereocenters. The van der Waals surface area contributed by atoms with Gasteiger partial charge >= 0.3 is 0 Å². The van der Waals surface area contributed by atoms with Crippen LogP contribution in [0.25, 0.3) is 11.4 Å². The summed E-state index contributed by atoms with van der Waals surface area (Å²) in [5.74, 6) is 0.946. The third-order valence-electron chi connectivity index (χ3n) is 3.21. The molecule has 0 radical (unpaired) electrons. The summed E-state index contributed by atoms with van der Waals surface area (Å²) in [6.07, 6.45) is 3.43. The fraction of sp³-hybridized carbons (Fsp3) is 0.125. The highest BCUT2D eigenvalue weighted by Gasteiger charge is 2.13. The smallest absolute Gasteiger partial charge is 0.234 e. The normalized spacial score (nSPS) is 10.6. The average molecular weight is 451 g/mol. The Morgan fingerprint density at radius 3 is 2.79 bits per heavy atom. The minimum Gasteiger partial charge on any atom is -0.325 e. The number of carbonyl (C=O) groups excluding carboxylic acids is 1. The zero-order chi connectivity index (χ0) is 16.9. The molecule has 1 N–H and O–H groups in total. The molecule has 0 saturated heterocycles. The molecule has 0 aliphatic rings. The number of thioether (sulfide) groups is 1. The Hall–Kier alpha value is -1.94. The van der Waals surface area contributed by atoms with Crippen molar-refractivity contribution in [2.45, 2.75) is 5.16 Å². The van der Waals surface area contributed by atoms with E-state index in [0.29, 0.717) is 5.16 Å². The molecule has 0 bridgehead atoms. The molecular weight excluding hydrogens is 437 g/mol. The van der Waals surface area contributed by atoms with Crippen LogP contribution in [0, 0.1) is 3.57 Å². The Morgan fingerprint density at radius 2 is 2.04 bits per heavy atom. The number of benzene rings is 1. The third-order valence-corrected chi connectivity index (χ3v) is 4.91. The van der Waals surface area contributed by atoms with Gasteiger partial charge in [0.2, 0.25) is 5.91 Å². The highest BCUT2D eigenvalue weighted by molar-refractivity contribution is 14.1. The molecule has 0 aliphatic heterocycles. The molecule has 0 spiro atoms. The van der Waals surface area contributed by atoms with Crippen molar-refractivity contribution in [3.63, 3.8) is 0 Å². The van der Waals surface area contributed by atoms with E-state index in [-0.39, 0.29) is 11.7 Å². The Bertz CT molecular complexity index is 853. The SMILES string of the molecule is Cn1c(SCC(=O)Nc2cccc(I)c2)nnc1-c1ccncc1. The second-order valence-corrected chi connectivity index (χ2v) is 7.14. The van der Waals surface area contributed by atoms with E-state index in [4.69, 9.17) is 0 Å². The van der Waals surface area contributed by atoms with Crippen LogP contribution in [0.4, 0.5) is 5.69 Å². The van der Waals surface area contributed by atoms with Gasteiger partial charge in [0, 0.05) is 34.3 Å². The summed E-state index contributed by atoms with van der Waals surface area (Å²) in [6.45, 7) is 0. The van der Waals surface area contributed by atoms with Crippen molar-refractivity contribution >= 4 is 45.9 Å². The molecule has 24 heavy (non-hydrogen) atoms. The lowest BCUT2D eigenvalue weighted by molar-refractivity contribution is -0.113. The van der Waals surface area contributed by atoms with Crippen LogP contribution in [0.1, 0.15) is 0 Å². The highest BCUT2D eigenvalue weighted by atomic mass is 127. The van der Waals surface area contributed by atoms with Crippen LogP contribution in [-0.4, -0.2) is 31.4 Å². The quantitative estimate of drug-likeness (QED) is 0.477. The van der Waals surface area contributed by atoms with Crippen LogP contribution in [0.15, 0.2) is 53.9 Å². The number of rotatable bonds is 5. The average Bonchev–Trinajstić information content (AvgIpc) is 2.94. The third kappa shape index (κ3) is 4.12. The van der Waals surface area contributed by atoms with Gasteiger partial charge < -0.3 is 9.88 Å². The van der Waals surface area contributed by atoms with Gasteiger partial charge in [-0.3, -0.25) is 9.78 Å². The molecular formula is C16H14IN5OS. The number of anilines is 1. The van der Waals surface area contributed by atoms with E-state index in [9.17, 15) is 4.79 Å². The van der Waals surface area contributed by atoms with Crippen molar-refractivity contribution in [3.8, 4) is 11.4 Å². The molecule has 2 aromatic heterocycles. The lowest BCUT2D eigenvalue weighted by atomic mass is 10.2. The first-order valence-electron chi connectivity index (χ1n) is 7.11. The molecule has 0 unspecified atom stereocenters. The van der Waals surface area contributed by atoms with Crippen molar-refractivity contribution in [3.05, 3.63) is 52.4 Å². The fourth-order valence-electron chi connectivity index (χ4n) is 2.09. The van der Waals surface area contributed by atoms with Gasteiger partial charge in [-0.25, -0.2) is 0 Å². The summed E-state index contributed by atoms with van der Waals surface area (Å²) in [5.41, 5.74) is 1.73. The number of nitrogens with zero attached hydrogens (tertiary/aromatic N) is 4. The summed E-state index contributed by atoms with van der Waals surface area (Å²) in [5, 5.41) is 11.9. The lowest BCUT2D eigenvalue weighted by Gasteiger charge is -2.06. The first-order chi connectivity index (χ1) is 11.6. The van der Waals surface area contributed by atoms with Gasteiger partial charge in [0.1, 0.15) is 0 Å². The first-order valence-corrected chi connectivity index (χ1v) is 9.18. The zero-order valence-electron chi connectivity index (χ0n) is 12.8. The van der Waals surface area contributed by atoms with E-state index in [2.05, 4.69) is 43.1 Å². The Kier molecular flexibility index (Phi) is 5.46. The van der Waals surface area contributed by atoms with Gasteiger partial charge in [0.15, 0.2) is 11.0 Å². The minimum absolute atomic E-state index is 0.0736. The topological polar surface area (TPSA) is 72.7 Å². The van der Waals surface area contributed by atoms with Crippen LogP contribution >= 0.6 is 34.4 Å². The van der Waals surface area contributed by atoms with Gasteiger partial charge in [0.25, 0.3) is 0 Å². The van der Waals surface area contributed by atoms with E-state index < -0.39 is 0 Å². The van der Waals surface area contributed by atoms with Gasteiger partial charge in [-0.05, 0) is 52.9 Å². The number of nitrogens with one attached hydrogen (secondary N) is 1. The van der Waals surface area contributed by atoms with Gasteiger partial charge in [-0.15, -0.1) is 10.2 Å². The van der Waals surface area contributed by atoms with E-state index in [1.165, 1.54) is 11.8 Å². The molecule has 3 rings (SSSR count). The fourth-order valence-corrected chi connectivity index (χ4v) is 3.34. The molecule has 122 valence electrons. The van der Waals surface area contributed by atoms with Crippen molar-refractivity contribution in [2.75, 3.05) is 11.1 Å². The Balaban J connectivity index is 1.63. The largest absolute Gasteiger partial charge is 0.325 e. The molecule has 0 fully saturated rings. The van der Waals surface area contributed by atoms with Gasteiger partial charge in [-0.1, -0.05) is 17.8 Å². The molecule has 3 aromatic rings. The highest BCUT2D eigenvalue weighted by Crippen LogP contribution is 2.22. The monoisotopic (exact) mass is 451 g/mol. The van der Waals surface area contributed by atoms with Crippen LogP contribution in [0.5, 0.6) is 0 Å². The predicted molar refractivity (Wildman–Crippen MR) is 103 cm³/mol. The zero-order valence-corrected chi connectivity index (χ0v) is 15.8. The van der Waals surface area contributed by atoms with Gasteiger partial charge in [-0.2, -0.15) is 0 Å². The Morgan fingerprint density at radius 1 is 1.25 bits per heavy atom. The minimum atomic E-state index is -0.0736. The van der Waals surface area contributed by atoms with Crippen LogP contribution in [0.2, 0.25) is 0 Å². The van der Waals surface area contributed by atoms with Crippen molar-refractivity contribution in [1.29, 1.82) is 0 Å².